The van der Waals surface area contributed by atoms with Crippen molar-refractivity contribution < 1.29 is 19.4 Å². The summed E-state index contributed by atoms with van der Waals surface area (Å²) in [6, 6.07) is 22.6. The van der Waals surface area contributed by atoms with Gasteiger partial charge in [0.1, 0.15) is 19.0 Å². The third-order valence-corrected chi connectivity index (χ3v) is 4.89. The minimum absolute atomic E-state index is 0.117. The molecular weight excluding hydrogens is 376 g/mol. The largest absolute Gasteiger partial charge is 0.490 e. The molecule has 4 nitrogen and oxygen atoms in total. The number of hydrogen-bond acceptors (Lipinski definition) is 4. The minimum Gasteiger partial charge on any atom is -0.490 e. The lowest BCUT2D eigenvalue weighted by Gasteiger charge is -2.15. The number of ether oxygens (including phenoxy) is 2. The van der Waals surface area contributed by atoms with E-state index in [4.69, 9.17) is 9.47 Å². The van der Waals surface area contributed by atoms with Crippen LogP contribution in [0.1, 0.15) is 18.1 Å². The van der Waals surface area contributed by atoms with Gasteiger partial charge in [-0.25, -0.2) is 4.79 Å². The van der Waals surface area contributed by atoms with Gasteiger partial charge >= 0.3 is 5.97 Å². The second-order valence-electron chi connectivity index (χ2n) is 6.79. The van der Waals surface area contributed by atoms with E-state index in [1.165, 1.54) is 16.7 Å². The first-order chi connectivity index (χ1) is 14.7. The van der Waals surface area contributed by atoms with Crippen molar-refractivity contribution in [2.45, 2.75) is 20.0 Å². The number of carbonyl (C=O) groups is 1. The first-order valence-corrected chi connectivity index (χ1v) is 10.0. The predicted molar refractivity (Wildman–Crippen MR) is 119 cm³/mol. The van der Waals surface area contributed by atoms with Crippen LogP contribution in [0.15, 0.2) is 79.4 Å². The smallest absolute Gasteiger partial charge is 0.330 e. The zero-order chi connectivity index (χ0) is 21.3. The fourth-order valence-corrected chi connectivity index (χ4v) is 3.32. The third-order valence-electron chi connectivity index (χ3n) is 4.89. The number of aliphatic hydroxyl groups excluding tert-OH is 1. The van der Waals surface area contributed by atoms with E-state index in [9.17, 15) is 9.90 Å². The van der Waals surface area contributed by atoms with E-state index in [0.29, 0.717) is 11.3 Å². The van der Waals surface area contributed by atoms with E-state index in [2.05, 4.69) is 43.8 Å². The van der Waals surface area contributed by atoms with Crippen LogP contribution in [0.5, 0.6) is 5.75 Å². The van der Waals surface area contributed by atoms with Crippen molar-refractivity contribution in [2.24, 2.45) is 0 Å². The van der Waals surface area contributed by atoms with Crippen LogP contribution in [-0.2, 0) is 22.6 Å². The molecule has 0 spiro atoms. The Hall–Kier alpha value is -3.37. The van der Waals surface area contributed by atoms with Gasteiger partial charge in [0.2, 0.25) is 0 Å². The highest BCUT2D eigenvalue weighted by Crippen LogP contribution is 2.32. The molecule has 3 aromatic carbocycles. The first kappa shape index (κ1) is 21.3. The predicted octanol–water partition coefficient (Wildman–Crippen LogP) is 5.18. The molecular formula is C26H26O4. The van der Waals surface area contributed by atoms with Gasteiger partial charge in [-0.05, 0) is 40.3 Å². The summed E-state index contributed by atoms with van der Waals surface area (Å²) in [6.45, 7) is 5.69. The molecule has 0 aliphatic rings. The molecule has 0 amide bonds. The van der Waals surface area contributed by atoms with Gasteiger partial charge in [-0.15, -0.1) is 0 Å². The maximum atomic E-state index is 11.2. The van der Waals surface area contributed by atoms with E-state index >= 15 is 0 Å². The summed E-state index contributed by atoms with van der Waals surface area (Å²) in [5.41, 5.74) is 6.44. The van der Waals surface area contributed by atoms with Crippen molar-refractivity contribution in [1.82, 2.24) is 0 Å². The molecule has 0 saturated carbocycles. The highest BCUT2D eigenvalue weighted by atomic mass is 16.6. The van der Waals surface area contributed by atoms with E-state index in [0.717, 1.165) is 23.6 Å². The molecule has 0 aromatic heterocycles. The molecule has 0 saturated heterocycles. The maximum Gasteiger partial charge on any atom is 0.330 e. The number of hydrogen-bond donors (Lipinski definition) is 1. The van der Waals surface area contributed by atoms with Crippen LogP contribution >= 0.6 is 0 Å². The van der Waals surface area contributed by atoms with Gasteiger partial charge in [0.05, 0.1) is 6.61 Å². The highest BCUT2D eigenvalue weighted by molar-refractivity contribution is 5.81. The van der Waals surface area contributed by atoms with Gasteiger partial charge < -0.3 is 14.6 Å². The molecule has 0 bridgehead atoms. The Balaban J connectivity index is 1.86. The van der Waals surface area contributed by atoms with Crippen LogP contribution in [-0.4, -0.2) is 24.3 Å². The van der Waals surface area contributed by atoms with Crippen molar-refractivity contribution in [3.8, 4) is 28.0 Å². The molecule has 0 radical (unpaired) electrons. The Labute approximate surface area is 177 Å². The van der Waals surface area contributed by atoms with Gasteiger partial charge in [0, 0.05) is 11.6 Å². The van der Waals surface area contributed by atoms with E-state index < -0.39 is 5.97 Å². The van der Waals surface area contributed by atoms with Crippen molar-refractivity contribution in [2.75, 3.05) is 13.2 Å². The van der Waals surface area contributed by atoms with Gasteiger partial charge in [0.15, 0.2) is 0 Å². The quantitative estimate of drug-likeness (QED) is 0.304. The molecule has 0 aliphatic heterocycles. The standard InChI is InChI=1S/C26H26O4/c1-3-19-16-21(20-8-6-5-7-9-20)12-13-24(19)22-10-11-23(18-27)25(17-22)29-14-15-30-26(28)4-2/h4-13,16-17,27H,2-3,14-15,18H2,1H3. The first-order valence-electron chi connectivity index (χ1n) is 10.0. The monoisotopic (exact) mass is 402 g/mol. The summed E-state index contributed by atoms with van der Waals surface area (Å²) in [5, 5.41) is 9.65. The van der Waals surface area contributed by atoms with Gasteiger partial charge in [0.25, 0.3) is 0 Å². The Morgan fingerprint density at radius 3 is 2.40 bits per heavy atom. The lowest BCUT2D eigenvalue weighted by molar-refractivity contribution is -0.138. The summed E-state index contributed by atoms with van der Waals surface area (Å²) >= 11 is 0. The summed E-state index contributed by atoms with van der Waals surface area (Å²) in [5.74, 6) is 0.0969. The third kappa shape index (κ3) is 5.16. The van der Waals surface area contributed by atoms with Crippen LogP contribution in [0.25, 0.3) is 22.3 Å². The molecule has 30 heavy (non-hydrogen) atoms. The molecule has 0 unspecified atom stereocenters. The van der Waals surface area contributed by atoms with Gasteiger partial charge in [-0.3, -0.25) is 0 Å². The van der Waals surface area contributed by atoms with Crippen LogP contribution < -0.4 is 4.74 Å². The molecule has 154 valence electrons. The van der Waals surface area contributed by atoms with E-state index in [-0.39, 0.29) is 19.8 Å². The molecule has 3 rings (SSSR count). The maximum absolute atomic E-state index is 11.2. The lowest BCUT2D eigenvalue weighted by atomic mass is 9.93. The second kappa shape index (κ2) is 10.4. The Morgan fingerprint density at radius 1 is 0.933 bits per heavy atom. The molecule has 0 aliphatic carbocycles. The fraction of sp³-hybridized carbons (Fsp3) is 0.192. The zero-order valence-electron chi connectivity index (χ0n) is 17.1. The normalized spacial score (nSPS) is 10.5. The molecule has 0 heterocycles. The van der Waals surface area contributed by atoms with E-state index in [1.807, 2.05) is 36.4 Å². The van der Waals surface area contributed by atoms with Crippen molar-refractivity contribution >= 4 is 5.97 Å². The van der Waals surface area contributed by atoms with E-state index in [1.54, 1.807) is 0 Å². The summed E-state index contributed by atoms with van der Waals surface area (Å²) in [7, 11) is 0. The van der Waals surface area contributed by atoms with Crippen LogP contribution in [0, 0.1) is 0 Å². The van der Waals surface area contributed by atoms with Crippen molar-refractivity contribution in [3.05, 3.63) is 90.5 Å². The van der Waals surface area contributed by atoms with Gasteiger partial charge in [-0.1, -0.05) is 74.2 Å². The number of carbonyl (C=O) groups excluding carboxylic acids is 1. The summed E-state index contributed by atoms with van der Waals surface area (Å²) in [6.07, 6.45) is 2.01. The van der Waals surface area contributed by atoms with Crippen molar-refractivity contribution in [1.29, 1.82) is 0 Å². The number of benzene rings is 3. The zero-order valence-corrected chi connectivity index (χ0v) is 17.1. The number of aryl methyl sites for hydroxylation is 1. The van der Waals surface area contributed by atoms with Gasteiger partial charge in [-0.2, -0.15) is 0 Å². The minimum atomic E-state index is -0.485. The topological polar surface area (TPSA) is 55.8 Å². The lowest BCUT2D eigenvalue weighted by Crippen LogP contribution is -2.11. The summed E-state index contributed by atoms with van der Waals surface area (Å²) < 4.78 is 10.7. The van der Waals surface area contributed by atoms with Crippen molar-refractivity contribution in [3.63, 3.8) is 0 Å². The average Bonchev–Trinajstić information content (AvgIpc) is 2.81. The molecule has 0 fully saturated rings. The number of esters is 1. The highest BCUT2D eigenvalue weighted by Gasteiger charge is 2.11. The number of aliphatic hydroxyl groups is 1. The van der Waals surface area contributed by atoms with Crippen LogP contribution in [0.4, 0.5) is 0 Å². The SMILES string of the molecule is C=CC(=O)OCCOc1cc(-c2ccc(-c3ccccc3)cc2CC)ccc1CO. The molecule has 3 aromatic rings. The molecule has 0 atom stereocenters. The number of rotatable bonds is 9. The van der Waals surface area contributed by atoms with Crippen LogP contribution in [0.2, 0.25) is 0 Å². The molecule has 4 heteroatoms. The average molecular weight is 402 g/mol. The Bertz CT molecular complexity index is 1010. The summed E-state index contributed by atoms with van der Waals surface area (Å²) in [4.78, 5) is 11.2. The second-order valence-corrected chi connectivity index (χ2v) is 6.79. The Kier molecular flexibility index (Phi) is 7.41. The molecule has 1 N–H and O–H groups in total. The fourth-order valence-electron chi connectivity index (χ4n) is 3.32. The Morgan fingerprint density at radius 2 is 1.70 bits per heavy atom. The van der Waals surface area contributed by atoms with Crippen LogP contribution in [0.3, 0.4) is 0 Å².